The summed E-state index contributed by atoms with van der Waals surface area (Å²) in [4.78, 5) is 28.7. The number of amides is 1. The highest BCUT2D eigenvalue weighted by molar-refractivity contribution is 6.04. The van der Waals surface area contributed by atoms with E-state index in [1.54, 1.807) is 30.6 Å². The first-order valence-corrected chi connectivity index (χ1v) is 9.17. The predicted octanol–water partition coefficient (Wildman–Crippen LogP) is 2.59. The van der Waals surface area contributed by atoms with Crippen molar-refractivity contribution in [1.29, 1.82) is 0 Å². The molecule has 3 heterocycles. The Morgan fingerprint density at radius 1 is 1.10 bits per heavy atom. The lowest BCUT2D eigenvalue weighted by Gasteiger charge is -2.06. The maximum Gasteiger partial charge on any atom is 0.253 e. The number of carbonyl (C=O) groups excluding carboxylic acids is 1. The van der Waals surface area contributed by atoms with Gasteiger partial charge >= 0.3 is 0 Å². The molecule has 0 aliphatic heterocycles. The zero-order valence-electron chi connectivity index (χ0n) is 15.5. The summed E-state index contributed by atoms with van der Waals surface area (Å²) in [5, 5.41) is 2.90. The van der Waals surface area contributed by atoms with Crippen molar-refractivity contribution in [1.82, 2.24) is 25.3 Å². The maximum absolute atomic E-state index is 13.2. The summed E-state index contributed by atoms with van der Waals surface area (Å²) in [7, 11) is 0. The quantitative estimate of drug-likeness (QED) is 0.469. The van der Waals surface area contributed by atoms with Crippen LogP contribution in [0.25, 0.3) is 22.6 Å². The third kappa shape index (κ3) is 4.12. The van der Waals surface area contributed by atoms with Crippen LogP contribution in [-0.2, 0) is 13.0 Å². The van der Waals surface area contributed by atoms with E-state index in [2.05, 4.69) is 25.3 Å². The lowest BCUT2D eigenvalue weighted by Crippen LogP contribution is -2.26. The van der Waals surface area contributed by atoms with Crippen molar-refractivity contribution in [2.24, 2.45) is 5.73 Å². The van der Waals surface area contributed by atoms with Gasteiger partial charge in [0.15, 0.2) is 5.65 Å². The van der Waals surface area contributed by atoms with E-state index in [0.717, 1.165) is 11.3 Å². The summed E-state index contributed by atoms with van der Waals surface area (Å²) in [5.41, 5.74) is 9.49. The molecule has 8 heteroatoms. The monoisotopic (exact) mass is 390 g/mol. The van der Waals surface area contributed by atoms with E-state index in [-0.39, 0.29) is 11.7 Å². The normalized spacial score (nSPS) is 11.0. The van der Waals surface area contributed by atoms with Gasteiger partial charge in [-0.2, -0.15) is 0 Å². The number of rotatable bonds is 6. The van der Waals surface area contributed by atoms with Crippen LogP contribution in [0.1, 0.15) is 21.6 Å². The van der Waals surface area contributed by atoms with Crippen LogP contribution in [0.15, 0.2) is 54.9 Å². The first-order chi connectivity index (χ1) is 14.1. The topological polar surface area (TPSA) is 110 Å². The average Bonchev–Trinajstić information content (AvgIpc) is 3.19. The standard InChI is InChI=1S/C21H19FN6O/c22-15-4-2-14(3-5-15)19-27-18-17(8-10-24-20(18)28-19)21(29)25-9-7-13-1-6-16(11-23)26-12-13/h1-6,8,10,12H,7,9,11,23H2,(H,25,29)(H,24,27,28). The Bertz CT molecular complexity index is 1140. The number of nitrogens with two attached hydrogens (primary N) is 1. The van der Waals surface area contributed by atoms with Gasteiger partial charge in [0.05, 0.1) is 11.3 Å². The van der Waals surface area contributed by atoms with Gasteiger partial charge in [0.2, 0.25) is 0 Å². The number of nitrogens with one attached hydrogen (secondary N) is 2. The number of aromatic nitrogens is 4. The molecular formula is C21H19FN6O. The van der Waals surface area contributed by atoms with Crippen molar-refractivity contribution in [3.8, 4) is 11.4 Å². The molecule has 3 aromatic heterocycles. The molecule has 29 heavy (non-hydrogen) atoms. The van der Waals surface area contributed by atoms with Crippen LogP contribution in [0.5, 0.6) is 0 Å². The molecular weight excluding hydrogens is 371 g/mol. The van der Waals surface area contributed by atoms with E-state index in [4.69, 9.17) is 5.73 Å². The van der Waals surface area contributed by atoms with Gasteiger partial charge in [-0.1, -0.05) is 6.07 Å². The van der Waals surface area contributed by atoms with Crippen LogP contribution in [0, 0.1) is 5.82 Å². The number of hydrogen-bond donors (Lipinski definition) is 3. The summed E-state index contributed by atoms with van der Waals surface area (Å²) in [6.45, 7) is 0.861. The zero-order valence-corrected chi connectivity index (χ0v) is 15.5. The molecule has 0 unspecified atom stereocenters. The van der Waals surface area contributed by atoms with Crippen LogP contribution >= 0.6 is 0 Å². The third-order valence-electron chi connectivity index (χ3n) is 4.54. The molecule has 0 atom stereocenters. The minimum Gasteiger partial charge on any atom is -0.352 e. The Balaban J connectivity index is 1.49. The van der Waals surface area contributed by atoms with Gasteiger partial charge in [-0.3, -0.25) is 9.78 Å². The Hall–Kier alpha value is -3.65. The highest BCUT2D eigenvalue weighted by Crippen LogP contribution is 2.21. The number of pyridine rings is 2. The first-order valence-electron chi connectivity index (χ1n) is 9.17. The van der Waals surface area contributed by atoms with Crippen LogP contribution in [-0.4, -0.2) is 32.4 Å². The SMILES string of the molecule is NCc1ccc(CCNC(=O)c2ccnc3[nH]c(-c4ccc(F)cc4)nc23)cn1. The van der Waals surface area contributed by atoms with Crippen molar-refractivity contribution in [3.05, 3.63) is 77.5 Å². The van der Waals surface area contributed by atoms with Gasteiger partial charge in [-0.15, -0.1) is 0 Å². The average molecular weight is 390 g/mol. The second-order valence-electron chi connectivity index (χ2n) is 6.52. The van der Waals surface area contributed by atoms with Crippen molar-refractivity contribution in [2.45, 2.75) is 13.0 Å². The molecule has 146 valence electrons. The number of H-pyrrole nitrogens is 1. The number of hydrogen-bond acceptors (Lipinski definition) is 5. The summed E-state index contributed by atoms with van der Waals surface area (Å²) in [5.74, 6) is -0.0316. The molecule has 0 aliphatic carbocycles. The molecule has 7 nitrogen and oxygen atoms in total. The lowest BCUT2D eigenvalue weighted by molar-refractivity contribution is 0.0955. The summed E-state index contributed by atoms with van der Waals surface area (Å²) < 4.78 is 13.2. The van der Waals surface area contributed by atoms with Gasteiger partial charge in [-0.05, 0) is 48.4 Å². The van der Waals surface area contributed by atoms with Gasteiger partial charge in [0, 0.05) is 31.0 Å². The third-order valence-corrected chi connectivity index (χ3v) is 4.54. The van der Waals surface area contributed by atoms with E-state index in [9.17, 15) is 9.18 Å². The van der Waals surface area contributed by atoms with Crippen molar-refractivity contribution >= 4 is 17.1 Å². The van der Waals surface area contributed by atoms with Gasteiger partial charge in [-0.25, -0.2) is 14.4 Å². The fourth-order valence-electron chi connectivity index (χ4n) is 2.98. The molecule has 4 aromatic rings. The largest absolute Gasteiger partial charge is 0.352 e. The second-order valence-corrected chi connectivity index (χ2v) is 6.52. The number of nitrogens with zero attached hydrogens (tertiary/aromatic N) is 3. The van der Waals surface area contributed by atoms with Crippen LogP contribution < -0.4 is 11.1 Å². The Morgan fingerprint density at radius 2 is 1.93 bits per heavy atom. The molecule has 1 aromatic carbocycles. The van der Waals surface area contributed by atoms with Gasteiger partial charge < -0.3 is 16.0 Å². The van der Waals surface area contributed by atoms with E-state index in [1.165, 1.54) is 12.1 Å². The minimum absolute atomic E-state index is 0.235. The summed E-state index contributed by atoms with van der Waals surface area (Å²) in [6.07, 6.45) is 3.97. The second kappa shape index (κ2) is 8.15. The minimum atomic E-state index is -0.323. The summed E-state index contributed by atoms with van der Waals surface area (Å²) >= 11 is 0. The van der Waals surface area contributed by atoms with Crippen LogP contribution in [0.4, 0.5) is 4.39 Å². The van der Waals surface area contributed by atoms with Crippen molar-refractivity contribution < 1.29 is 9.18 Å². The van der Waals surface area contributed by atoms with E-state index < -0.39 is 0 Å². The molecule has 0 saturated heterocycles. The van der Waals surface area contributed by atoms with E-state index >= 15 is 0 Å². The highest BCUT2D eigenvalue weighted by Gasteiger charge is 2.15. The van der Waals surface area contributed by atoms with E-state index in [1.807, 2.05) is 12.1 Å². The number of aromatic amines is 1. The first kappa shape index (κ1) is 18.7. The molecule has 4 rings (SSSR count). The summed E-state index contributed by atoms with van der Waals surface area (Å²) in [6, 6.07) is 11.4. The zero-order chi connectivity index (χ0) is 20.2. The smallest absolute Gasteiger partial charge is 0.253 e. The highest BCUT2D eigenvalue weighted by atomic mass is 19.1. The number of benzene rings is 1. The Labute approximate surface area is 166 Å². The molecule has 0 bridgehead atoms. The predicted molar refractivity (Wildman–Crippen MR) is 107 cm³/mol. The molecule has 1 amide bonds. The Morgan fingerprint density at radius 3 is 2.66 bits per heavy atom. The van der Waals surface area contributed by atoms with Crippen LogP contribution in [0.3, 0.4) is 0 Å². The number of fused-ring (bicyclic) bond motifs is 1. The molecule has 0 radical (unpaired) electrons. The fraction of sp³-hybridized carbons (Fsp3) is 0.143. The molecule has 0 saturated carbocycles. The Kier molecular flexibility index (Phi) is 5.26. The number of imidazole rings is 1. The molecule has 0 spiro atoms. The molecule has 0 fully saturated rings. The maximum atomic E-state index is 13.2. The molecule has 0 aliphatic rings. The van der Waals surface area contributed by atoms with Crippen molar-refractivity contribution in [2.75, 3.05) is 6.54 Å². The van der Waals surface area contributed by atoms with Crippen molar-refractivity contribution in [3.63, 3.8) is 0 Å². The van der Waals surface area contributed by atoms with Gasteiger partial charge in [0.1, 0.15) is 17.2 Å². The number of halogens is 1. The van der Waals surface area contributed by atoms with E-state index in [0.29, 0.717) is 47.6 Å². The molecule has 4 N–H and O–H groups in total. The number of carbonyl (C=O) groups is 1. The van der Waals surface area contributed by atoms with Gasteiger partial charge in [0.25, 0.3) is 5.91 Å². The lowest BCUT2D eigenvalue weighted by atomic mass is 10.2. The fourth-order valence-corrected chi connectivity index (χ4v) is 2.98. The van der Waals surface area contributed by atoms with Crippen LogP contribution in [0.2, 0.25) is 0 Å².